The van der Waals surface area contributed by atoms with Gasteiger partial charge in [0.2, 0.25) is 5.91 Å². The molecule has 1 aliphatic rings. The van der Waals surface area contributed by atoms with Gasteiger partial charge in [-0.05, 0) is 17.7 Å². The number of amides is 1. The molecule has 0 spiro atoms. The lowest BCUT2D eigenvalue weighted by Crippen LogP contribution is -2.50. The van der Waals surface area contributed by atoms with E-state index in [0.29, 0.717) is 13.2 Å². The summed E-state index contributed by atoms with van der Waals surface area (Å²) in [6, 6.07) is 7.42. The summed E-state index contributed by atoms with van der Waals surface area (Å²) in [4.78, 5) is 27.0. The molecule has 0 saturated carbocycles. The molecule has 1 aromatic rings. The van der Waals surface area contributed by atoms with E-state index in [1.54, 1.807) is 4.90 Å². The van der Waals surface area contributed by atoms with E-state index in [0.717, 1.165) is 11.3 Å². The molecule has 6 nitrogen and oxygen atoms in total. The van der Waals surface area contributed by atoms with E-state index in [1.807, 2.05) is 43.3 Å². The van der Waals surface area contributed by atoms with Crippen molar-refractivity contribution in [3.05, 3.63) is 29.8 Å². The standard InChI is InChI=1S/C16H22N2O4/c1-17(2)13-5-3-12(4-6-13)9-15(19)18-7-8-22-11-14(18)10-16(20)21/h3-6,14H,7-11H2,1-2H3,(H,20,21). The molecular weight excluding hydrogens is 284 g/mol. The van der Waals surface area contributed by atoms with Crippen LogP contribution in [0.2, 0.25) is 0 Å². The number of nitrogens with zero attached hydrogens (tertiary/aromatic N) is 2. The van der Waals surface area contributed by atoms with Crippen molar-refractivity contribution in [2.24, 2.45) is 0 Å². The summed E-state index contributed by atoms with van der Waals surface area (Å²) < 4.78 is 5.29. The first kappa shape index (κ1) is 16.3. The number of anilines is 1. The largest absolute Gasteiger partial charge is 0.481 e. The Labute approximate surface area is 130 Å². The first-order chi connectivity index (χ1) is 10.5. The van der Waals surface area contributed by atoms with Crippen LogP contribution in [0.5, 0.6) is 0 Å². The number of ether oxygens (including phenoxy) is 1. The molecule has 0 radical (unpaired) electrons. The maximum atomic E-state index is 12.4. The van der Waals surface area contributed by atoms with Gasteiger partial charge in [0.25, 0.3) is 0 Å². The van der Waals surface area contributed by atoms with Gasteiger partial charge in [-0.25, -0.2) is 0 Å². The van der Waals surface area contributed by atoms with E-state index >= 15 is 0 Å². The Balaban J connectivity index is 2.01. The van der Waals surface area contributed by atoms with Crippen molar-refractivity contribution in [1.82, 2.24) is 4.90 Å². The third-order valence-corrected chi connectivity index (χ3v) is 3.77. The van der Waals surface area contributed by atoms with Crippen LogP contribution in [-0.4, -0.2) is 61.8 Å². The van der Waals surface area contributed by atoms with Crippen LogP contribution in [0.4, 0.5) is 5.69 Å². The number of carbonyl (C=O) groups is 2. The van der Waals surface area contributed by atoms with Gasteiger partial charge in [0.1, 0.15) is 0 Å². The zero-order chi connectivity index (χ0) is 16.1. The molecule has 1 unspecified atom stereocenters. The highest BCUT2D eigenvalue weighted by molar-refractivity contribution is 5.80. The van der Waals surface area contributed by atoms with E-state index in [9.17, 15) is 9.59 Å². The number of rotatable bonds is 5. The van der Waals surface area contributed by atoms with Crippen LogP contribution >= 0.6 is 0 Å². The zero-order valence-electron chi connectivity index (χ0n) is 13.0. The number of aliphatic carboxylic acids is 1. The van der Waals surface area contributed by atoms with Gasteiger partial charge in [0.15, 0.2) is 0 Å². The summed E-state index contributed by atoms with van der Waals surface area (Å²) in [7, 11) is 3.93. The van der Waals surface area contributed by atoms with Crippen LogP contribution in [0.25, 0.3) is 0 Å². The highest BCUT2D eigenvalue weighted by Crippen LogP contribution is 2.16. The first-order valence-electron chi connectivity index (χ1n) is 7.32. The summed E-state index contributed by atoms with van der Waals surface area (Å²) in [5.41, 5.74) is 2.00. The lowest BCUT2D eigenvalue weighted by Gasteiger charge is -2.35. The molecule has 1 saturated heterocycles. The average Bonchev–Trinajstić information content (AvgIpc) is 2.47. The second-order valence-electron chi connectivity index (χ2n) is 5.65. The van der Waals surface area contributed by atoms with Crippen LogP contribution in [0.15, 0.2) is 24.3 Å². The SMILES string of the molecule is CN(C)c1ccc(CC(=O)N2CCOCC2CC(=O)O)cc1. The molecule has 22 heavy (non-hydrogen) atoms. The van der Waals surface area contributed by atoms with E-state index in [1.165, 1.54) is 0 Å². The second kappa shape index (κ2) is 7.26. The minimum atomic E-state index is -0.913. The third-order valence-electron chi connectivity index (χ3n) is 3.77. The van der Waals surface area contributed by atoms with E-state index in [-0.39, 0.29) is 31.4 Å². The number of carboxylic acids is 1. The van der Waals surface area contributed by atoms with Crippen LogP contribution in [0.1, 0.15) is 12.0 Å². The Bertz CT molecular complexity index is 527. The minimum Gasteiger partial charge on any atom is -0.481 e. The van der Waals surface area contributed by atoms with Crippen molar-refractivity contribution in [1.29, 1.82) is 0 Å². The lowest BCUT2D eigenvalue weighted by atomic mass is 10.1. The number of carboxylic acid groups (broad SMARTS) is 1. The van der Waals surface area contributed by atoms with Crippen LogP contribution in [0, 0.1) is 0 Å². The molecule has 6 heteroatoms. The summed E-state index contributed by atoms with van der Waals surface area (Å²) in [6.45, 7) is 1.20. The molecule has 0 bridgehead atoms. The van der Waals surface area contributed by atoms with Crippen molar-refractivity contribution in [2.75, 3.05) is 38.8 Å². The Kier molecular flexibility index (Phi) is 5.38. The minimum absolute atomic E-state index is 0.0489. The van der Waals surface area contributed by atoms with Crippen molar-refractivity contribution in [2.45, 2.75) is 18.9 Å². The first-order valence-corrected chi connectivity index (χ1v) is 7.32. The number of carbonyl (C=O) groups excluding carboxylic acids is 1. The molecule has 1 N–H and O–H groups in total. The monoisotopic (exact) mass is 306 g/mol. The fourth-order valence-corrected chi connectivity index (χ4v) is 2.54. The summed E-state index contributed by atoms with van der Waals surface area (Å²) in [6.07, 6.45) is 0.204. The molecule has 1 aromatic carbocycles. The van der Waals surface area contributed by atoms with Gasteiger partial charge in [0.05, 0.1) is 32.1 Å². The van der Waals surface area contributed by atoms with Gasteiger partial charge in [-0.3, -0.25) is 9.59 Å². The van der Waals surface area contributed by atoms with Gasteiger partial charge in [-0.15, -0.1) is 0 Å². The molecule has 1 fully saturated rings. The predicted molar refractivity (Wildman–Crippen MR) is 83.0 cm³/mol. The van der Waals surface area contributed by atoms with Crippen LogP contribution in [-0.2, 0) is 20.7 Å². The van der Waals surface area contributed by atoms with Gasteiger partial charge in [-0.1, -0.05) is 12.1 Å². The summed E-state index contributed by atoms with van der Waals surface area (Å²) in [5.74, 6) is -0.962. The predicted octanol–water partition coefficient (Wildman–Crippen LogP) is 0.997. The fraction of sp³-hybridized carbons (Fsp3) is 0.500. The van der Waals surface area contributed by atoms with Crippen molar-refractivity contribution in [3.8, 4) is 0 Å². The maximum Gasteiger partial charge on any atom is 0.305 e. The van der Waals surface area contributed by atoms with Crippen LogP contribution in [0.3, 0.4) is 0 Å². The molecule has 2 rings (SSSR count). The Hall–Kier alpha value is -2.08. The van der Waals surface area contributed by atoms with Crippen molar-refractivity contribution < 1.29 is 19.4 Å². The molecule has 1 amide bonds. The topological polar surface area (TPSA) is 70.1 Å². The van der Waals surface area contributed by atoms with Gasteiger partial charge in [-0.2, -0.15) is 0 Å². The molecule has 1 atom stereocenters. The molecule has 0 aliphatic carbocycles. The molecule has 1 aliphatic heterocycles. The van der Waals surface area contributed by atoms with Gasteiger partial charge >= 0.3 is 5.97 Å². The zero-order valence-corrected chi connectivity index (χ0v) is 13.0. The smallest absolute Gasteiger partial charge is 0.305 e. The Morgan fingerprint density at radius 1 is 1.32 bits per heavy atom. The van der Waals surface area contributed by atoms with Crippen LogP contribution < -0.4 is 4.90 Å². The third kappa shape index (κ3) is 4.21. The average molecular weight is 306 g/mol. The lowest BCUT2D eigenvalue weighted by molar-refractivity contribution is -0.145. The number of benzene rings is 1. The number of hydrogen-bond acceptors (Lipinski definition) is 4. The Morgan fingerprint density at radius 2 is 2.00 bits per heavy atom. The van der Waals surface area contributed by atoms with E-state index in [4.69, 9.17) is 9.84 Å². The maximum absolute atomic E-state index is 12.4. The Morgan fingerprint density at radius 3 is 2.59 bits per heavy atom. The van der Waals surface area contributed by atoms with Gasteiger partial charge in [0, 0.05) is 26.3 Å². The van der Waals surface area contributed by atoms with Crippen molar-refractivity contribution >= 4 is 17.6 Å². The van der Waals surface area contributed by atoms with E-state index < -0.39 is 5.97 Å². The van der Waals surface area contributed by atoms with E-state index in [2.05, 4.69) is 0 Å². The second-order valence-corrected chi connectivity index (χ2v) is 5.65. The van der Waals surface area contributed by atoms with Crippen molar-refractivity contribution in [3.63, 3.8) is 0 Å². The fourth-order valence-electron chi connectivity index (χ4n) is 2.54. The molecular formula is C16H22N2O4. The summed E-state index contributed by atoms with van der Waals surface area (Å²) in [5, 5.41) is 8.94. The summed E-state index contributed by atoms with van der Waals surface area (Å²) >= 11 is 0. The van der Waals surface area contributed by atoms with Gasteiger partial charge < -0.3 is 19.6 Å². The molecule has 0 aromatic heterocycles. The highest BCUT2D eigenvalue weighted by Gasteiger charge is 2.28. The molecule has 1 heterocycles. The normalized spacial score (nSPS) is 18.1. The number of hydrogen-bond donors (Lipinski definition) is 1. The number of morpholine rings is 1. The molecule has 120 valence electrons. The quantitative estimate of drug-likeness (QED) is 0.879. The highest BCUT2D eigenvalue weighted by atomic mass is 16.5.